The van der Waals surface area contributed by atoms with Crippen LogP contribution in [0.15, 0.2) is 0 Å². The normalized spacial score (nSPS) is 10.5. The van der Waals surface area contributed by atoms with E-state index < -0.39 is 0 Å². The second-order valence-electron chi connectivity index (χ2n) is 5.36. The molecule has 0 aromatic rings. The zero-order chi connectivity index (χ0) is 11.4. The largest absolute Gasteiger partial charge is 0.147 e. The van der Waals surface area contributed by atoms with Crippen LogP contribution in [-0.4, -0.2) is 8.80 Å². The Hall–Kier alpha value is 0.507. The Morgan fingerprint density at radius 1 is 0.625 bits per heavy atom. The minimum atomic E-state index is -0.249. The van der Waals surface area contributed by atoms with E-state index in [1.54, 1.807) is 6.04 Å². The molecular formula is C14H33ClSi. The fourth-order valence-electron chi connectivity index (χ4n) is 2.04. The van der Waals surface area contributed by atoms with Gasteiger partial charge in [-0.25, -0.2) is 0 Å². The van der Waals surface area contributed by atoms with Gasteiger partial charge in [0.2, 0.25) is 0 Å². The van der Waals surface area contributed by atoms with Crippen molar-refractivity contribution in [3.05, 3.63) is 0 Å². The topological polar surface area (TPSA) is 0 Å². The minimum absolute atomic E-state index is 0. The predicted octanol–water partition coefficient (Wildman–Crippen LogP) is 5.82. The Bertz CT molecular complexity index is 115. The van der Waals surface area contributed by atoms with Crippen LogP contribution in [0.4, 0.5) is 0 Å². The molecule has 0 heterocycles. The minimum Gasteiger partial charge on any atom is -0.147 e. The van der Waals surface area contributed by atoms with Crippen molar-refractivity contribution in [2.75, 3.05) is 0 Å². The Morgan fingerprint density at radius 2 is 1.00 bits per heavy atom. The first-order valence-corrected chi connectivity index (χ1v) is 10.4. The zero-order valence-corrected chi connectivity index (χ0v) is 13.7. The Labute approximate surface area is 112 Å². The molecule has 0 saturated heterocycles. The Morgan fingerprint density at radius 3 is 1.38 bits per heavy atom. The van der Waals surface area contributed by atoms with E-state index in [1.165, 1.54) is 64.2 Å². The summed E-state index contributed by atoms with van der Waals surface area (Å²) in [6, 6.07) is 1.57. The van der Waals surface area contributed by atoms with Crippen LogP contribution in [-0.2, 0) is 0 Å². The molecule has 0 unspecified atom stereocenters. The summed E-state index contributed by atoms with van der Waals surface area (Å²) in [5.41, 5.74) is 0. The van der Waals surface area contributed by atoms with E-state index in [9.17, 15) is 0 Å². The molecule has 0 aliphatic rings. The summed E-state index contributed by atoms with van der Waals surface area (Å²) < 4.78 is 0. The van der Waals surface area contributed by atoms with Crippen LogP contribution in [0, 0.1) is 0 Å². The second kappa shape index (κ2) is 15.5. The van der Waals surface area contributed by atoms with E-state index in [0.29, 0.717) is 0 Å². The highest BCUT2D eigenvalue weighted by molar-refractivity contribution is 6.55. The van der Waals surface area contributed by atoms with E-state index in [1.807, 2.05) is 0 Å². The molecule has 0 atom stereocenters. The summed E-state index contributed by atoms with van der Waals surface area (Å²) in [6.07, 6.45) is 14.7. The zero-order valence-electron chi connectivity index (χ0n) is 11.8. The number of hydrogen-bond donors (Lipinski definition) is 0. The molecule has 0 aromatic heterocycles. The van der Waals surface area contributed by atoms with Gasteiger partial charge in [0, 0.05) is 8.80 Å². The highest BCUT2D eigenvalue weighted by Crippen LogP contribution is 2.11. The molecule has 0 aliphatic carbocycles. The molecular weight excluding hydrogens is 232 g/mol. The molecule has 100 valence electrons. The summed E-state index contributed by atoms with van der Waals surface area (Å²) in [5.74, 6) is 0. The van der Waals surface area contributed by atoms with Gasteiger partial charge in [-0.15, -0.1) is 12.4 Å². The van der Waals surface area contributed by atoms with E-state index in [-0.39, 0.29) is 21.2 Å². The van der Waals surface area contributed by atoms with Crippen molar-refractivity contribution >= 4 is 21.2 Å². The maximum absolute atomic E-state index is 2.47. The molecule has 0 bridgehead atoms. The van der Waals surface area contributed by atoms with Crippen LogP contribution in [0.3, 0.4) is 0 Å². The maximum Gasteiger partial charge on any atom is 0.0305 e. The van der Waals surface area contributed by atoms with Gasteiger partial charge in [-0.1, -0.05) is 90.3 Å². The van der Waals surface area contributed by atoms with Crippen molar-refractivity contribution in [1.82, 2.24) is 0 Å². The molecule has 0 nitrogen and oxygen atoms in total. The second-order valence-corrected chi connectivity index (χ2v) is 8.73. The van der Waals surface area contributed by atoms with E-state index in [0.717, 1.165) is 0 Å². The van der Waals surface area contributed by atoms with Gasteiger partial charge in [-0.2, -0.15) is 0 Å². The lowest BCUT2D eigenvalue weighted by Gasteiger charge is -2.03. The van der Waals surface area contributed by atoms with Gasteiger partial charge >= 0.3 is 0 Å². The van der Waals surface area contributed by atoms with Crippen molar-refractivity contribution in [2.24, 2.45) is 0 Å². The quantitative estimate of drug-likeness (QED) is 0.326. The molecule has 0 fully saturated rings. The fourth-order valence-corrected chi connectivity index (χ4v) is 3.15. The van der Waals surface area contributed by atoms with E-state index in [2.05, 4.69) is 20.0 Å². The number of hydrogen-bond acceptors (Lipinski definition) is 0. The van der Waals surface area contributed by atoms with Crippen molar-refractivity contribution < 1.29 is 0 Å². The summed E-state index contributed by atoms with van der Waals surface area (Å²) in [5, 5.41) is 0. The van der Waals surface area contributed by atoms with Crippen LogP contribution in [0.2, 0.25) is 19.1 Å². The Kier molecular flexibility index (Phi) is 18.3. The first-order chi connectivity index (χ1) is 7.27. The summed E-state index contributed by atoms with van der Waals surface area (Å²) >= 11 is 0. The van der Waals surface area contributed by atoms with Gasteiger partial charge in [0.1, 0.15) is 0 Å². The summed E-state index contributed by atoms with van der Waals surface area (Å²) in [6.45, 7) is 7.22. The van der Waals surface area contributed by atoms with Crippen LogP contribution in [0.1, 0.15) is 71.1 Å². The van der Waals surface area contributed by atoms with Gasteiger partial charge in [0.05, 0.1) is 0 Å². The highest BCUT2D eigenvalue weighted by atomic mass is 35.5. The van der Waals surface area contributed by atoms with Crippen molar-refractivity contribution in [1.29, 1.82) is 0 Å². The molecule has 0 saturated carbocycles. The van der Waals surface area contributed by atoms with Crippen molar-refractivity contribution in [3.8, 4) is 0 Å². The molecule has 0 rings (SSSR count). The monoisotopic (exact) mass is 264 g/mol. The summed E-state index contributed by atoms with van der Waals surface area (Å²) in [4.78, 5) is 0. The molecule has 0 aliphatic heterocycles. The van der Waals surface area contributed by atoms with Crippen LogP contribution < -0.4 is 0 Å². The predicted molar refractivity (Wildman–Crippen MR) is 82.8 cm³/mol. The molecule has 0 spiro atoms. The third-order valence-electron chi connectivity index (χ3n) is 3.14. The number of rotatable bonds is 11. The average molecular weight is 265 g/mol. The first kappa shape index (κ1) is 18.9. The van der Waals surface area contributed by atoms with E-state index >= 15 is 0 Å². The molecule has 0 N–H and O–H groups in total. The molecule has 0 amide bonds. The van der Waals surface area contributed by atoms with Gasteiger partial charge < -0.3 is 0 Å². The van der Waals surface area contributed by atoms with Crippen LogP contribution >= 0.6 is 12.4 Å². The third kappa shape index (κ3) is 16.9. The highest BCUT2D eigenvalue weighted by Gasteiger charge is 1.95. The average Bonchev–Trinajstić information content (AvgIpc) is 2.20. The maximum atomic E-state index is 2.47. The smallest absolute Gasteiger partial charge is 0.0305 e. The SMILES string of the molecule is CCCCCCCCCCCC[SiH](C)C.Cl. The van der Waals surface area contributed by atoms with E-state index in [4.69, 9.17) is 0 Å². The van der Waals surface area contributed by atoms with Crippen molar-refractivity contribution in [2.45, 2.75) is 90.3 Å². The first-order valence-electron chi connectivity index (χ1n) is 7.27. The fraction of sp³-hybridized carbons (Fsp3) is 1.00. The lowest BCUT2D eigenvalue weighted by atomic mass is 10.1. The van der Waals surface area contributed by atoms with Crippen LogP contribution in [0.25, 0.3) is 0 Å². The van der Waals surface area contributed by atoms with Gasteiger partial charge in [0.25, 0.3) is 0 Å². The summed E-state index contributed by atoms with van der Waals surface area (Å²) in [7, 11) is -0.249. The lowest BCUT2D eigenvalue weighted by Crippen LogP contribution is -1.97. The standard InChI is InChI=1S/C14H32Si.ClH/c1-4-5-6-7-8-9-10-11-12-13-14-15(2)3;/h15H,4-14H2,1-3H3;1H. The number of unbranched alkanes of at least 4 members (excludes halogenated alkanes) is 9. The molecule has 0 aromatic carbocycles. The van der Waals surface area contributed by atoms with Gasteiger partial charge in [-0.3, -0.25) is 0 Å². The van der Waals surface area contributed by atoms with Gasteiger partial charge in [-0.05, 0) is 0 Å². The third-order valence-corrected chi connectivity index (χ3v) is 4.70. The van der Waals surface area contributed by atoms with Gasteiger partial charge in [0.15, 0.2) is 0 Å². The molecule has 16 heavy (non-hydrogen) atoms. The molecule has 2 heteroatoms. The number of halogens is 1. The Balaban J connectivity index is 0. The van der Waals surface area contributed by atoms with Crippen LogP contribution in [0.5, 0.6) is 0 Å². The van der Waals surface area contributed by atoms with Crippen molar-refractivity contribution in [3.63, 3.8) is 0 Å². The molecule has 0 radical (unpaired) electrons. The lowest BCUT2D eigenvalue weighted by molar-refractivity contribution is 0.562.